The van der Waals surface area contributed by atoms with Crippen LogP contribution in [0.2, 0.25) is 0 Å². The minimum absolute atomic E-state index is 0.143. The molecule has 0 bridgehead atoms. The second-order valence-corrected chi connectivity index (χ2v) is 6.45. The maximum Gasteiger partial charge on any atom is 0.339 e. The van der Waals surface area contributed by atoms with Crippen molar-refractivity contribution >= 4 is 46.5 Å². The van der Waals surface area contributed by atoms with Crippen molar-refractivity contribution in [2.45, 2.75) is 0 Å². The van der Waals surface area contributed by atoms with Gasteiger partial charge in [0, 0.05) is 0 Å². The molecule has 0 saturated carbocycles. The Kier molecular flexibility index (Phi) is 4.95. The summed E-state index contributed by atoms with van der Waals surface area (Å²) in [4.78, 5) is 38.5. The molecule has 8 nitrogen and oxygen atoms in total. The number of carbonyl (C=O) groups excluding carboxylic acids is 1. The van der Waals surface area contributed by atoms with Crippen molar-refractivity contribution in [3.05, 3.63) is 64.1 Å². The molecule has 0 atom stereocenters. The minimum atomic E-state index is -1.29. The number of nitrogens with zero attached hydrogens (tertiary/aromatic N) is 1. The van der Waals surface area contributed by atoms with Gasteiger partial charge in [0.15, 0.2) is 5.17 Å². The van der Waals surface area contributed by atoms with E-state index in [1.54, 1.807) is 18.2 Å². The Morgan fingerprint density at radius 1 is 1.04 bits per heavy atom. The Morgan fingerprint density at radius 2 is 1.74 bits per heavy atom. The lowest BCUT2D eigenvalue weighted by Gasteiger charge is -2.01. The van der Waals surface area contributed by atoms with Crippen LogP contribution < -0.4 is 5.32 Å². The molecule has 3 rings (SSSR count). The molecule has 1 aliphatic heterocycles. The molecule has 0 aromatic heterocycles. The van der Waals surface area contributed by atoms with Gasteiger partial charge in [-0.3, -0.25) is 4.79 Å². The Bertz CT molecular complexity index is 1010. The number of hydrogen-bond acceptors (Lipinski definition) is 6. The molecule has 1 fully saturated rings. The van der Waals surface area contributed by atoms with Gasteiger partial charge in [0.2, 0.25) is 0 Å². The molecule has 0 spiro atoms. The Balaban J connectivity index is 1.82. The van der Waals surface area contributed by atoms with Gasteiger partial charge < -0.3 is 20.6 Å². The van der Waals surface area contributed by atoms with E-state index < -0.39 is 11.9 Å². The Morgan fingerprint density at radius 3 is 2.37 bits per heavy atom. The molecule has 1 aliphatic rings. The molecule has 0 aliphatic carbocycles. The number of thioether (sulfide) groups is 1. The topological polar surface area (TPSA) is 136 Å². The number of aromatic carboxylic acids is 2. The third-order valence-corrected chi connectivity index (χ3v) is 4.46. The van der Waals surface area contributed by atoms with E-state index in [-0.39, 0.29) is 33.6 Å². The van der Waals surface area contributed by atoms with Crippen molar-refractivity contribution < 1.29 is 29.7 Å². The number of rotatable bonds is 4. The number of amidine groups is 1. The average molecular weight is 384 g/mol. The number of aliphatic imine (C=N–C) groups is 1. The zero-order valence-electron chi connectivity index (χ0n) is 13.5. The van der Waals surface area contributed by atoms with Crippen molar-refractivity contribution in [3.8, 4) is 5.75 Å². The molecule has 0 unspecified atom stereocenters. The average Bonchev–Trinajstić information content (AvgIpc) is 2.96. The van der Waals surface area contributed by atoms with E-state index in [1.807, 2.05) is 0 Å². The molecular weight excluding hydrogens is 372 g/mol. The fourth-order valence-corrected chi connectivity index (χ4v) is 3.08. The predicted octanol–water partition coefficient (Wildman–Crippen LogP) is 2.68. The number of benzene rings is 2. The fraction of sp³-hybridized carbons (Fsp3) is 0. The van der Waals surface area contributed by atoms with E-state index >= 15 is 0 Å². The molecule has 4 N–H and O–H groups in total. The summed E-state index contributed by atoms with van der Waals surface area (Å²) in [7, 11) is 0. The minimum Gasteiger partial charge on any atom is -0.507 e. The maximum absolute atomic E-state index is 12.1. The van der Waals surface area contributed by atoms with Gasteiger partial charge in [0.25, 0.3) is 5.91 Å². The van der Waals surface area contributed by atoms with Crippen LogP contribution in [0, 0.1) is 0 Å². The van der Waals surface area contributed by atoms with Gasteiger partial charge in [0.1, 0.15) is 11.3 Å². The Labute approximate surface area is 156 Å². The lowest BCUT2D eigenvalue weighted by Crippen LogP contribution is -2.19. The third-order valence-electron chi connectivity index (χ3n) is 3.55. The van der Waals surface area contributed by atoms with Crippen LogP contribution in [0.4, 0.5) is 5.69 Å². The normalized spacial score (nSPS) is 16.5. The van der Waals surface area contributed by atoms with Crippen molar-refractivity contribution in [2.75, 3.05) is 0 Å². The monoisotopic (exact) mass is 384 g/mol. The van der Waals surface area contributed by atoms with Gasteiger partial charge in [-0.2, -0.15) is 0 Å². The number of hydrogen-bond donors (Lipinski definition) is 4. The molecule has 1 saturated heterocycles. The van der Waals surface area contributed by atoms with Crippen LogP contribution in [0.15, 0.2) is 52.4 Å². The zero-order valence-corrected chi connectivity index (χ0v) is 14.4. The summed E-state index contributed by atoms with van der Waals surface area (Å²) in [6.45, 7) is 0. The number of carboxylic acids is 2. The first kappa shape index (κ1) is 18.2. The van der Waals surface area contributed by atoms with Crippen LogP contribution in [0.25, 0.3) is 6.08 Å². The van der Waals surface area contributed by atoms with Crippen molar-refractivity contribution in [3.63, 3.8) is 0 Å². The quantitative estimate of drug-likeness (QED) is 0.595. The third kappa shape index (κ3) is 4.15. The lowest BCUT2D eigenvalue weighted by atomic mass is 10.1. The summed E-state index contributed by atoms with van der Waals surface area (Å²) in [6.07, 6.45) is 1.59. The number of carboxylic acid groups (broad SMARTS) is 2. The summed E-state index contributed by atoms with van der Waals surface area (Å²) in [6, 6.07) is 9.87. The fourth-order valence-electron chi connectivity index (χ4n) is 2.24. The first-order chi connectivity index (χ1) is 12.8. The van der Waals surface area contributed by atoms with Crippen LogP contribution in [0.3, 0.4) is 0 Å². The van der Waals surface area contributed by atoms with Crippen LogP contribution in [-0.4, -0.2) is 38.3 Å². The zero-order chi connectivity index (χ0) is 19.6. The number of aromatic hydroxyl groups is 1. The van der Waals surface area contributed by atoms with Crippen molar-refractivity contribution in [2.24, 2.45) is 4.99 Å². The number of amides is 1. The van der Waals surface area contributed by atoms with Crippen molar-refractivity contribution in [1.82, 2.24) is 5.32 Å². The maximum atomic E-state index is 12.1. The summed E-state index contributed by atoms with van der Waals surface area (Å²) >= 11 is 1.06. The van der Waals surface area contributed by atoms with Crippen LogP contribution in [-0.2, 0) is 4.79 Å². The summed E-state index contributed by atoms with van der Waals surface area (Å²) in [5, 5.41) is 30.3. The molecule has 1 amide bonds. The first-order valence-electron chi connectivity index (χ1n) is 7.53. The number of carbonyl (C=O) groups is 3. The largest absolute Gasteiger partial charge is 0.507 e. The highest BCUT2D eigenvalue weighted by molar-refractivity contribution is 8.18. The van der Waals surface area contributed by atoms with Gasteiger partial charge in [-0.1, -0.05) is 12.1 Å². The molecule has 27 heavy (non-hydrogen) atoms. The predicted molar refractivity (Wildman–Crippen MR) is 99.3 cm³/mol. The molecular formula is C18H12N2O6S. The molecule has 9 heteroatoms. The Hall–Kier alpha value is -3.59. The van der Waals surface area contributed by atoms with E-state index in [2.05, 4.69) is 10.3 Å². The van der Waals surface area contributed by atoms with Gasteiger partial charge in [-0.15, -0.1) is 0 Å². The highest BCUT2D eigenvalue weighted by Gasteiger charge is 2.24. The molecule has 0 radical (unpaired) electrons. The smallest absolute Gasteiger partial charge is 0.339 e. The van der Waals surface area contributed by atoms with Gasteiger partial charge >= 0.3 is 11.9 Å². The standard InChI is InChI=1S/C18H12N2O6S/c21-13-6-5-11(8-12(13)17(25)26)19-18-20-15(22)14(27-18)7-9-1-3-10(4-2-9)16(23)24/h1-8,21H,(H,23,24)(H,25,26)(H,19,20,22)/b14-7-. The van der Waals surface area contributed by atoms with E-state index in [9.17, 15) is 19.5 Å². The van der Waals surface area contributed by atoms with E-state index in [0.29, 0.717) is 10.5 Å². The van der Waals surface area contributed by atoms with Gasteiger partial charge in [-0.25, -0.2) is 14.6 Å². The SMILES string of the molecule is O=C1NC(=Nc2ccc(O)c(C(=O)O)c2)S/C1=C\c1ccc(C(=O)O)cc1. The van der Waals surface area contributed by atoms with Crippen LogP contribution in [0.5, 0.6) is 5.75 Å². The summed E-state index contributed by atoms with van der Waals surface area (Å²) in [5.74, 6) is -3.08. The van der Waals surface area contributed by atoms with Crippen LogP contribution >= 0.6 is 11.8 Å². The summed E-state index contributed by atoms with van der Waals surface area (Å²) < 4.78 is 0. The van der Waals surface area contributed by atoms with E-state index in [1.165, 1.54) is 30.3 Å². The number of nitrogens with one attached hydrogen (secondary N) is 1. The molecule has 1 heterocycles. The second kappa shape index (κ2) is 7.34. The van der Waals surface area contributed by atoms with Crippen molar-refractivity contribution in [1.29, 1.82) is 0 Å². The lowest BCUT2D eigenvalue weighted by molar-refractivity contribution is -0.115. The van der Waals surface area contributed by atoms with E-state index in [0.717, 1.165) is 11.8 Å². The second-order valence-electron chi connectivity index (χ2n) is 5.42. The summed E-state index contributed by atoms with van der Waals surface area (Å²) in [5.41, 5.74) is 0.765. The molecule has 2 aromatic rings. The van der Waals surface area contributed by atoms with Gasteiger partial charge in [-0.05, 0) is 53.7 Å². The highest BCUT2D eigenvalue weighted by Crippen LogP contribution is 2.29. The molecule has 136 valence electrons. The number of phenols is 1. The van der Waals surface area contributed by atoms with Crippen LogP contribution in [0.1, 0.15) is 26.3 Å². The first-order valence-corrected chi connectivity index (χ1v) is 8.34. The van der Waals surface area contributed by atoms with E-state index in [4.69, 9.17) is 10.2 Å². The van der Waals surface area contributed by atoms with Gasteiger partial charge in [0.05, 0.1) is 16.2 Å². The molecule has 2 aromatic carbocycles. The highest BCUT2D eigenvalue weighted by atomic mass is 32.2.